The van der Waals surface area contributed by atoms with E-state index >= 15 is 0 Å². The molecule has 0 aliphatic rings. The fourth-order valence-electron chi connectivity index (χ4n) is 15.1. The first-order valence-corrected chi connectivity index (χ1v) is 69.5. The number of rotatable bonds is 16. The maximum absolute atomic E-state index is 2.51. The average molecular weight is 1670 g/mol. The fourth-order valence-corrected chi connectivity index (χ4v) is 29.4. The van der Waals surface area contributed by atoms with Crippen LogP contribution >= 0.6 is 0 Å². The molecule has 0 saturated carbocycles. The number of pyridine rings is 4. The Labute approximate surface area is 657 Å². The van der Waals surface area contributed by atoms with Crippen molar-refractivity contribution in [2.75, 3.05) is 0 Å². The Balaban J connectivity index is 0.000000252. The first-order valence-electron chi connectivity index (χ1n) is 40.2. The van der Waals surface area contributed by atoms with E-state index < -0.39 is 53.1 Å². The van der Waals surface area contributed by atoms with E-state index in [0.29, 0.717) is 33.5 Å². The first kappa shape index (κ1) is 91.3. The van der Waals surface area contributed by atoms with Crippen LogP contribution in [0, 0.1) is 56.3 Å². The topological polar surface area (TPSA) is 15.5 Å². The van der Waals surface area contributed by atoms with Crippen molar-refractivity contribution in [2.24, 2.45) is 49.9 Å². The van der Waals surface area contributed by atoms with Gasteiger partial charge < -0.3 is 0 Å². The maximum atomic E-state index is 2.51. The van der Waals surface area contributed by atoms with Gasteiger partial charge in [0.05, 0.1) is 0 Å². The van der Waals surface area contributed by atoms with E-state index in [0.717, 1.165) is 25.7 Å². The van der Waals surface area contributed by atoms with Gasteiger partial charge in [0.15, 0.2) is 0 Å². The summed E-state index contributed by atoms with van der Waals surface area (Å²) in [6, 6.07) is 37.8. The molecular weight excluding hydrogens is 1510 g/mol. The number of hydrogen-bond acceptors (Lipinski definition) is 0. The quantitative estimate of drug-likeness (QED) is 0.0677. The molecule has 0 spiro atoms. The predicted molar refractivity (Wildman–Crippen MR) is 477 cm³/mol. The molecule has 8 rings (SSSR count). The van der Waals surface area contributed by atoms with Gasteiger partial charge in [-0.15, -0.1) is 0 Å². The molecule has 0 bridgehead atoms. The zero-order chi connectivity index (χ0) is 80.2. The molecule has 4 heterocycles. The van der Waals surface area contributed by atoms with E-state index in [2.05, 4.69) is 404 Å². The van der Waals surface area contributed by atoms with Crippen LogP contribution in [0.15, 0.2) is 122 Å². The molecule has 8 heteroatoms. The molecule has 0 aliphatic carbocycles. The predicted octanol–water partition coefficient (Wildman–Crippen LogP) is 23.1. The average Bonchev–Trinajstić information content (AvgIpc) is 0.800. The second-order valence-electron chi connectivity index (χ2n) is 42.2. The molecule has 4 aromatic heterocycles. The minimum atomic E-state index is -1.95. The molecule has 0 amide bonds. The molecule has 0 unspecified atom stereocenters. The summed E-state index contributed by atoms with van der Waals surface area (Å²) in [7, 11) is 8.87. The van der Waals surface area contributed by atoms with E-state index in [1.807, 2.05) is 0 Å². The van der Waals surface area contributed by atoms with Gasteiger partial charge in [-0.25, -0.2) is 0 Å². The van der Waals surface area contributed by atoms with Crippen LogP contribution in [0.25, 0.3) is 45.0 Å². The van der Waals surface area contributed by atoms with E-state index in [4.69, 9.17) is 0 Å². The van der Waals surface area contributed by atoms with Crippen molar-refractivity contribution in [3.63, 3.8) is 0 Å². The summed E-state index contributed by atoms with van der Waals surface area (Å²) in [6.45, 7) is 55.4. The van der Waals surface area contributed by atoms with Gasteiger partial charge in [0.25, 0.3) is 0 Å². The van der Waals surface area contributed by atoms with Crippen LogP contribution in [0.1, 0.15) is 223 Å². The Bertz CT molecular complexity index is 4280. The summed E-state index contributed by atoms with van der Waals surface area (Å²) in [4.78, 5) is 0. The van der Waals surface area contributed by atoms with Gasteiger partial charge in [-0.3, -0.25) is 0 Å². The minimum absolute atomic E-state index is 0.163. The van der Waals surface area contributed by atoms with Crippen LogP contribution in [0.4, 0.5) is 0 Å². The molecule has 105 heavy (non-hydrogen) atoms. The van der Waals surface area contributed by atoms with Crippen molar-refractivity contribution in [1.29, 1.82) is 0 Å². The SMILES string of the molecule is CCC(CC)c1ccc(C)c(-c2cc(CC(C)(C)C)[c]([Ge]([CH3])([CH3])[CH3])c[n+]2C)c1.Cc1cc(C(C)C)ccc1-c1cc(CC(C)(C)C)[c]([Ge]([CH3])([CH3])[CH3])c[n+]1C.Cc1ccc(-c2cc(CC(C)(C)C)[c]([Ge]([CH3])([CH3])[CH3])c[n+]2C)c(C)c1.Cc1ccc(C(C)(C)C)cc1-c1cc(CC(C)(C)C)[c]([Ge]([CH3])([CH3])[CH3])c[n+]1C. The second-order valence-corrected chi connectivity index (χ2v) is 84.5. The van der Waals surface area contributed by atoms with Gasteiger partial charge in [0.1, 0.15) is 0 Å². The number of nitrogens with zero attached hydrogens (tertiary/aromatic N) is 4. The van der Waals surface area contributed by atoms with Crippen LogP contribution in [-0.2, 0) is 59.3 Å². The summed E-state index contributed by atoms with van der Waals surface area (Å²) in [5.74, 6) is 31.3. The molecule has 0 fully saturated rings. The monoisotopic (exact) mass is 1670 g/mol. The summed E-state index contributed by atoms with van der Waals surface area (Å²) in [6.07, 6.45) is 16.7. The summed E-state index contributed by atoms with van der Waals surface area (Å²) < 4.78 is 16.0. The Morgan fingerprint density at radius 1 is 0.314 bits per heavy atom. The van der Waals surface area contributed by atoms with Crippen LogP contribution < -0.4 is 35.9 Å². The Kier molecular flexibility index (Phi) is 30.7. The molecule has 4 nitrogen and oxygen atoms in total. The van der Waals surface area contributed by atoms with Crippen molar-refractivity contribution in [3.05, 3.63) is 189 Å². The zero-order valence-electron chi connectivity index (χ0n) is 75.2. The van der Waals surface area contributed by atoms with E-state index in [9.17, 15) is 0 Å². The summed E-state index contributed by atoms with van der Waals surface area (Å²) in [5.41, 5.74) is 29.6. The van der Waals surface area contributed by atoms with Gasteiger partial charge in [0.2, 0.25) is 0 Å². The third-order valence-electron chi connectivity index (χ3n) is 20.8. The third kappa shape index (κ3) is 26.4. The van der Waals surface area contributed by atoms with Crippen LogP contribution in [0.2, 0.25) is 69.1 Å². The Morgan fingerprint density at radius 3 is 0.876 bits per heavy atom. The molecule has 0 N–H and O–H groups in total. The molecular formula is C97H154Ge4N4+4. The molecule has 0 aliphatic heterocycles. The van der Waals surface area contributed by atoms with Crippen LogP contribution in [-0.4, -0.2) is 53.1 Å². The van der Waals surface area contributed by atoms with E-state index in [-0.39, 0.29) is 5.41 Å². The number of hydrogen-bond donors (Lipinski definition) is 0. The van der Waals surface area contributed by atoms with Crippen molar-refractivity contribution >= 4 is 70.6 Å². The van der Waals surface area contributed by atoms with Crippen molar-refractivity contribution in [2.45, 2.75) is 291 Å². The van der Waals surface area contributed by atoms with Gasteiger partial charge >= 0.3 is 663 Å². The second kappa shape index (κ2) is 35.3. The summed E-state index contributed by atoms with van der Waals surface area (Å²) in [5, 5.41) is 0. The molecule has 0 radical (unpaired) electrons. The standard InChI is InChI=1S/C26H42GeN.C25H40GeN.C24H38GeN.C22H34GeN/c1-11-20(12-2)21-14-13-19(3)23(15-21)25-16-22(17-26(4,5)6)24(18-28(25)10)27(7,8)9;1-18-12-13-20(25(5,6)7)15-21(18)23-14-19(16-24(2,3)4)22(17-27(23)11)26(8,9)10;1-17(2)19-11-12-21(18(3)13-19)23-14-20(15-24(4,5)6)22(16-26(23)10)25(7,8)9;1-16-10-11-19(17(2)12-16)21-13-18(14-22(3,4)5)20(15-24(21)9)23(6,7)8/h13-16,18,20H,11-12,17H2,1-10H3;12-15,17H,16H2,1-11H3;11-14,16-17H,15H2,1-10H3;10-13,15H,14H2,1-9H3/q4*+1. The normalized spacial score (nSPS) is 12.8. The van der Waals surface area contributed by atoms with Gasteiger partial charge in [-0.1, -0.05) is 0 Å². The van der Waals surface area contributed by atoms with Crippen molar-refractivity contribution in [1.82, 2.24) is 0 Å². The Hall–Kier alpha value is -4.35. The van der Waals surface area contributed by atoms with Gasteiger partial charge in [-0.05, 0) is 0 Å². The molecule has 574 valence electrons. The van der Waals surface area contributed by atoms with Gasteiger partial charge in [-0.2, -0.15) is 0 Å². The summed E-state index contributed by atoms with van der Waals surface area (Å²) >= 11 is -7.74. The number of benzene rings is 4. The van der Waals surface area contributed by atoms with Crippen LogP contribution in [0.3, 0.4) is 0 Å². The Morgan fingerprint density at radius 2 is 0.600 bits per heavy atom. The molecule has 4 aromatic carbocycles. The van der Waals surface area contributed by atoms with Crippen molar-refractivity contribution < 1.29 is 18.3 Å². The molecule has 0 atom stereocenters. The number of aryl methyl sites for hydroxylation is 9. The third-order valence-corrected chi connectivity index (χ3v) is 38.1. The fraction of sp³-hybridized carbons (Fsp3) is 0.546. The number of aromatic nitrogens is 4. The first-order chi connectivity index (χ1) is 47.6. The van der Waals surface area contributed by atoms with Crippen LogP contribution in [0.5, 0.6) is 0 Å². The molecule has 0 saturated heterocycles. The van der Waals surface area contributed by atoms with E-state index in [1.54, 1.807) is 39.8 Å². The zero-order valence-corrected chi connectivity index (χ0v) is 83.6. The van der Waals surface area contributed by atoms with Gasteiger partial charge in [0, 0.05) is 0 Å². The van der Waals surface area contributed by atoms with E-state index in [1.165, 1.54) is 102 Å². The van der Waals surface area contributed by atoms with Crippen molar-refractivity contribution in [3.8, 4) is 45.0 Å². The molecule has 8 aromatic rings.